The lowest BCUT2D eigenvalue weighted by atomic mass is 10.0. The molecule has 2 heterocycles. The third-order valence-electron chi connectivity index (χ3n) is 19.7. The first-order valence-electron chi connectivity index (χ1n) is 42.8. The molecule has 139 heavy (non-hydrogen) atoms. The molecular weight excluding hydrogens is 1970 g/mol. The molecule has 0 fully saturated rings. The van der Waals surface area contributed by atoms with Crippen LogP contribution in [0.4, 0.5) is 11.4 Å². The molecule has 746 valence electrons. The summed E-state index contributed by atoms with van der Waals surface area (Å²) in [7, 11) is 1.89. The van der Waals surface area contributed by atoms with Crippen LogP contribution in [0.1, 0.15) is 214 Å². The lowest BCUT2D eigenvalue weighted by molar-refractivity contribution is -0.139. The largest absolute Gasteiger partial charge is 0.506 e. The number of aliphatic imine (C=N–C) groups is 1. The van der Waals surface area contributed by atoms with Gasteiger partial charge in [-0.15, -0.1) is 0 Å². The van der Waals surface area contributed by atoms with E-state index in [9.17, 15) is 127 Å². The van der Waals surface area contributed by atoms with Gasteiger partial charge in [-0.3, -0.25) is 77.0 Å². The molecule has 0 radical (unpaired) electrons. The smallest absolute Gasteiger partial charge is 0.339 e. The van der Waals surface area contributed by atoms with Crippen LogP contribution < -0.4 is 37.2 Å². The zero-order valence-electron chi connectivity index (χ0n) is 76.9. The monoisotopic (exact) mass is 2080 g/mol. The number of thiocarbonyl (C=S) groups is 2. The molecule has 0 atom stereocenters. The standard InChI is InChI=1S/C29H31N5O11.C29H37N3O10.C11H12N2S2.C10H13NO3.C10H8O6.C5H9IO/c35-21(9-13-34-22(36)7-8-23(34)37)30-10-14-33(15-11-31-26(40)17-3-1-5-19(24(17)38)28(42)43)16-12-32-27(41)18-4-2-6-20(25(18)39)29(44)45;1-30-14-6-4-2-3-5-9-18(33)17-42-19(15-31-26(36)20-10-7-12-22(24(20)34)28(38)39)16-32-27(37)21-11-8-13-23(25(21)35)29(40)41;1-8(2)11(15)13-10-5-3-9(4-6-10)12-7-14;1-7(2)8(12)5-6-11-9(13)3-4-10(11)14;1-4(11)6-2-5(9(13)14)3-7(8(6)12)10(15)16;1-4(2)5(7)3-6/h1-8,38-39H,9-16H2,(H,30,35)(H,31,40)(H,32,41)(H,42,43)(H,44,45);7-8,10-13,19,30,34-35H,2-6,9,14-17H2,1H3,(H,31,36)(H,32,37)(H,38,39)(H,40,41);3-6,8H,1-2H3,(H,13,15);3-4,7H,5-6H2,1-2H3;2-3,12H,1H3,(H,13,14)(H,15,16);4H,3H2,1-2H3. The molecule has 0 saturated heterocycles. The summed E-state index contributed by atoms with van der Waals surface area (Å²) in [6.07, 6.45) is 8.86. The lowest BCUT2D eigenvalue weighted by Gasteiger charge is -2.23. The molecule has 2 aliphatic heterocycles. The van der Waals surface area contributed by atoms with Gasteiger partial charge < -0.3 is 98.1 Å². The SMILES string of the molecule is CC(=O)c1cc(C(=O)O)cc(C(=O)O)c1O.CC(C)C(=O)CCN1C(=O)C=CC1=O.CC(C)C(=O)CI.CC(C)C(=S)Nc1ccc(N=C=S)cc1.CNCCCCCCCC(=O)COC(CNC(=O)c1cccc(C(=O)O)c1O)CNC(=O)c1cccc(C(=O)O)c1O.O=C(CCN1C(=O)C=CC1=O)NCCN(CCNC(=O)c1cccc(C(=O)O)c1O)CCNC(=O)c1cccc(C(=O)O)c1O. The van der Waals surface area contributed by atoms with Crippen LogP contribution in [-0.2, 0) is 43.1 Å². The molecule has 0 spiro atoms. The van der Waals surface area contributed by atoms with E-state index < -0.39 is 146 Å². The minimum absolute atomic E-state index is 0.0189. The Labute approximate surface area is 821 Å². The van der Waals surface area contributed by atoms with Crippen LogP contribution in [-0.4, -0.2) is 289 Å². The number of amides is 9. The number of rotatable bonds is 47. The van der Waals surface area contributed by atoms with Crippen molar-refractivity contribution in [1.82, 2.24) is 46.6 Å². The van der Waals surface area contributed by atoms with E-state index >= 15 is 0 Å². The number of benzene rings is 6. The molecular formula is C94H110IN11O31S2. The van der Waals surface area contributed by atoms with Crippen molar-refractivity contribution in [2.75, 3.05) is 95.4 Å². The number of para-hydroxylation sites is 4. The molecule has 0 saturated carbocycles. The topological polar surface area (TPSA) is 662 Å². The van der Waals surface area contributed by atoms with Crippen LogP contribution >= 0.6 is 47.0 Å². The van der Waals surface area contributed by atoms with Crippen molar-refractivity contribution >= 4 is 181 Å². The normalized spacial score (nSPS) is 11.5. The number of carboxylic acid groups (broad SMARTS) is 6. The molecule has 6 aromatic carbocycles. The number of isothiocyanates is 1. The van der Waals surface area contributed by atoms with E-state index in [1.807, 2.05) is 45.2 Å². The van der Waals surface area contributed by atoms with Crippen molar-refractivity contribution in [3.63, 3.8) is 0 Å². The fourth-order valence-corrected chi connectivity index (χ4v) is 12.9. The molecule has 45 heteroatoms. The van der Waals surface area contributed by atoms with Crippen LogP contribution in [0.5, 0.6) is 28.7 Å². The first-order valence-corrected chi connectivity index (χ1v) is 45.1. The maximum absolute atomic E-state index is 12.7. The number of aromatic hydroxyl groups is 5. The van der Waals surface area contributed by atoms with E-state index in [2.05, 4.69) is 96.0 Å². The van der Waals surface area contributed by atoms with Gasteiger partial charge >= 0.3 is 35.8 Å². The third-order valence-corrected chi connectivity index (χ3v) is 21.1. The fraction of sp³-hybridized carbons (Fsp3) is 0.351. The number of alkyl halides is 1. The second-order valence-electron chi connectivity index (χ2n) is 30.9. The van der Waals surface area contributed by atoms with Crippen molar-refractivity contribution < 1.29 is 152 Å². The number of imide groups is 2. The number of halogens is 1. The Morgan fingerprint density at radius 3 is 1.15 bits per heavy atom. The van der Waals surface area contributed by atoms with Crippen LogP contribution in [0.25, 0.3) is 0 Å². The number of unbranched alkanes of at least 4 members (excludes halogenated alkanes) is 4. The summed E-state index contributed by atoms with van der Waals surface area (Å²) in [5, 5.41) is 126. The van der Waals surface area contributed by atoms with Gasteiger partial charge in [-0.25, -0.2) is 28.8 Å². The van der Waals surface area contributed by atoms with Crippen LogP contribution in [0.3, 0.4) is 0 Å². The van der Waals surface area contributed by atoms with Gasteiger partial charge in [0, 0.05) is 132 Å². The maximum Gasteiger partial charge on any atom is 0.339 e. The van der Waals surface area contributed by atoms with Crippen molar-refractivity contribution in [3.8, 4) is 28.7 Å². The van der Waals surface area contributed by atoms with Crippen molar-refractivity contribution in [1.29, 1.82) is 0 Å². The van der Waals surface area contributed by atoms with E-state index in [1.54, 1.807) is 18.7 Å². The first kappa shape index (κ1) is 118. The number of carbonyl (C=O) groups excluding carboxylic acids is 13. The molecule has 18 N–H and O–H groups in total. The van der Waals surface area contributed by atoms with Gasteiger partial charge in [0.1, 0.15) is 74.7 Å². The van der Waals surface area contributed by atoms with Gasteiger partial charge in [-0.2, -0.15) is 4.99 Å². The van der Waals surface area contributed by atoms with Gasteiger partial charge in [0.15, 0.2) is 11.6 Å². The zero-order valence-corrected chi connectivity index (χ0v) is 80.7. The highest BCUT2D eigenvalue weighted by atomic mass is 127. The highest BCUT2D eigenvalue weighted by Crippen LogP contribution is 2.29. The van der Waals surface area contributed by atoms with Gasteiger partial charge in [0.05, 0.1) is 59.7 Å². The Hall–Kier alpha value is -14.8. The number of carboxylic acids is 6. The number of aromatic carboxylic acids is 6. The summed E-state index contributed by atoms with van der Waals surface area (Å²) in [5.74, 6) is -17.1. The summed E-state index contributed by atoms with van der Waals surface area (Å²) in [4.78, 5) is 228. The Balaban J connectivity index is 0.000000477. The molecule has 0 bridgehead atoms. The summed E-state index contributed by atoms with van der Waals surface area (Å²) in [6.45, 7) is 13.7. The van der Waals surface area contributed by atoms with Gasteiger partial charge in [-0.1, -0.05) is 120 Å². The molecule has 9 amide bonds. The minimum atomic E-state index is -1.50. The maximum atomic E-state index is 12.7. The number of hydrogen-bond donors (Lipinski definition) is 18. The molecule has 2 aliphatic rings. The zero-order chi connectivity index (χ0) is 104. The van der Waals surface area contributed by atoms with E-state index in [4.69, 9.17) is 37.4 Å². The van der Waals surface area contributed by atoms with Crippen LogP contribution in [0, 0.1) is 17.8 Å². The average molecular weight is 2080 g/mol. The van der Waals surface area contributed by atoms with E-state index in [0.29, 0.717) is 29.0 Å². The minimum Gasteiger partial charge on any atom is -0.506 e. The van der Waals surface area contributed by atoms with E-state index in [-0.39, 0.29) is 153 Å². The van der Waals surface area contributed by atoms with E-state index in [0.717, 1.165) is 114 Å². The van der Waals surface area contributed by atoms with Crippen LogP contribution in [0.2, 0.25) is 0 Å². The van der Waals surface area contributed by atoms with E-state index in [1.165, 1.54) is 60.7 Å². The number of Topliss-reactive ketones (excluding diaryl/α,β-unsaturated/α-hetero) is 4. The second kappa shape index (κ2) is 61.4. The number of anilines is 1. The Morgan fingerprint density at radius 2 is 0.799 bits per heavy atom. The van der Waals surface area contributed by atoms with Gasteiger partial charge in [0.25, 0.3) is 47.3 Å². The summed E-state index contributed by atoms with van der Waals surface area (Å²) >= 11 is 11.8. The third kappa shape index (κ3) is 41.0. The average Bonchev–Trinajstić information content (AvgIpc) is 1.40. The highest BCUT2D eigenvalue weighted by molar-refractivity contribution is 14.1. The number of carbonyl (C=O) groups is 19. The fourth-order valence-electron chi connectivity index (χ4n) is 11.8. The number of hydrogen-bond acceptors (Lipinski definition) is 30. The number of nitrogens with zero attached hydrogens (tertiary/aromatic N) is 4. The van der Waals surface area contributed by atoms with Crippen molar-refractivity contribution in [3.05, 3.63) is 195 Å². The predicted molar refractivity (Wildman–Crippen MR) is 519 cm³/mol. The number of ketones is 4. The van der Waals surface area contributed by atoms with Crippen molar-refractivity contribution in [2.45, 2.75) is 106 Å². The molecule has 42 nitrogen and oxygen atoms in total. The number of ether oxygens (including phenoxy) is 1. The molecule has 0 aliphatic carbocycles. The number of nitrogens with one attached hydrogen (secondary N) is 7. The summed E-state index contributed by atoms with van der Waals surface area (Å²) in [5.41, 5.74) is -2.39. The molecule has 0 unspecified atom stereocenters. The Morgan fingerprint density at radius 1 is 0.439 bits per heavy atom. The first-order chi connectivity index (χ1) is 65.6. The van der Waals surface area contributed by atoms with Gasteiger partial charge in [-0.05, 0) is 131 Å². The van der Waals surface area contributed by atoms with Crippen LogP contribution in [0.15, 0.2) is 138 Å². The quantitative estimate of drug-likeness (QED) is 0.00323. The number of phenols is 5. The van der Waals surface area contributed by atoms with Crippen molar-refractivity contribution in [2.24, 2.45) is 22.7 Å². The lowest BCUT2D eigenvalue weighted by Crippen LogP contribution is -2.43. The molecule has 8 rings (SSSR count). The molecule has 6 aromatic rings. The molecule has 0 aromatic heterocycles. The van der Waals surface area contributed by atoms with Gasteiger partial charge in [0.2, 0.25) is 5.91 Å². The Kier molecular flexibility index (Phi) is 52.3. The predicted octanol–water partition coefficient (Wildman–Crippen LogP) is 8.54. The second-order valence-corrected chi connectivity index (χ2v) is 32.3. The Bertz CT molecular complexity index is 5370. The summed E-state index contributed by atoms with van der Waals surface area (Å²) in [6, 6.07) is 24.1. The summed E-state index contributed by atoms with van der Waals surface area (Å²) < 4.78 is 6.32. The highest BCUT2D eigenvalue weighted by Gasteiger charge is 2.29.